The van der Waals surface area contributed by atoms with E-state index in [4.69, 9.17) is 11.6 Å². The second-order valence-corrected chi connectivity index (χ2v) is 2.06. The third kappa shape index (κ3) is 0.950. The van der Waals surface area contributed by atoms with Gasteiger partial charge in [-0.2, -0.15) is 0 Å². The van der Waals surface area contributed by atoms with Crippen LogP contribution >= 0.6 is 11.6 Å². The molecule has 5 nitrogen and oxygen atoms in total. The Morgan fingerprint density at radius 2 is 2.30 bits per heavy atom. The SMILES string of the molecule is CC1=C(Cl)C([N+](=O)[O-])=N[N]1. The zero-order valence-electron chi connectivity index (χ0n) is 5.04. The van der Waals surface area contributed by atoms with Gasteiger partial charge in [0.15, 0.2) is 5.03 Å². The first-order valence-corrected chi connectivity index (χ1v) is 2.80. The second-order valence-electron chi connectivity index (χ2n) is 1.68. The number of halogens is 1. The average molecular weight is 161 g/mol. The summed E-state index contributed by atoms with van der Waals surface area (Å²) in [6.45, 7) is 1.56. The molecule has 0 N–H and O–H groups in total. The van der Waals surface area contributed by atoms with Crippen molar-refractivity contribution >= 4 is 17.4 Å². The van der Waals surface area contributed by atoms with E-state index < -0.39 is 4.92 Å². The Bertz CT molecular complexity index is 245. The predicted molar refractivity (Wildman–Crippen MR) is 35.1 cm³/mol. The van der Waals surface area contributed by atoms with Crippen LogP contribution in [-0.4, -0.2) is 10.8 Å². The Morgan fingerprint density at radius 1 is 1.70 bits per heavy atom. The van der Waals surface area contributed by atoms with Crippen LogP contribution in [0, 0.1) is 10.1 Å². The molecule has 10 heavy (non-hydrogen) atoms. The van der Waals surface area contributed by atoms with Crippen molar-refractivity contribution < 1.29 is 4.92 Å². The fourth-order valence-electron chi connectivity index (χ4n) is 0.489. The highest BCUT2D eigenvalue weighted by molar-refractivity contribution is 6.42. The van der Waals surface area contributed by atoms with E-state index in [-0.39, 0.29) is 10.9 Å². The highest BCUT2D eigenvalue weighted by Crippen LogP contribution is 2.15. The Hall–Kier alpha value is -1.10. The van der Waals surface area contributed by atoms with Gasteiger partial charge in [0, 0.05) is 0 Å². The van der Waals surface area contributed by atoms with E-state index in [1.54, 1.807) is 6.92 Å². The van der Waals surface area contributed by atoms with Gasteiger partial charge in [0.2, 0.25) is 0 Å². The smallest absolute Gasteiger partial charge is 0.358 e. The number of rotatable bonds is 0. The molecule has 0 aliphatic carbocycles. The number of hydrogen-bond donors (Lipinski definition) is 0. The molecule has 1 aliphatic heterocycles. The van der Waals surface area contributed by atoms with Crippen molar-refractivity contribution in [3.8, 4) is 0 Å². The van der Waals surface area contributed by atoms with Crippen molar-refractivity contribution in [3.63, 3.8) is 0 Å². The monoisotopic (exact) mass is 160 g/mol. The molecule has 0 spiro atoms. The molecule has 0 aromatic rings. The highest BCUT2D eigenvalue weighted by atomic mass is 35.5. The zero-order valence-corrected chi connectivity index (χ0v) is 5.79. The van der Waals surface area contributed by atoms with E-state index in [0.717, 1.165) is 0 Å². The first-order chi connectivity index (χ1) is 4.63. The lowest BCUT2D eigenvalue weighted by Gasteiger charge is -1.88. The van der Waals surface area contributed by atoms with Crippen LogP contribution in [0.3, 0.4) is 0 Å². The normalized spacial score (nSPS) is 16.8. The van der Waals surface area contributed by atoms with Gasteiger partial charge < -0.3 is 10.1 Å². The Labute approximate surface area is 61.5 Å². The van der Waals surface area contributed by atoms with E-state index in [1.807, 2.05) is 0 Å². The van der Waals surface area contributed by atoms with Crippen molar-refractivity contribution in [1.82, 2.24) is 5.43 Å². The number of nitrogens with zero attached hydrogens (tertiary/aromatic N) is 3. The standard InChI is InChI=1S/C4H3ClN3O2/c1-2-3(5)4(7-6-2)8(9)10/h1H3. The van der Waals surface area contributed by atoms with Crippen molar-refractivity contribution in [2.45, 2.75) is 6.92 Å². The molecule has 0 saturated carbocycles. The molecule has 0 amide bonds. The fraction of sp³-hybridized carbons (Fsp3) is 0.250. The minimum Gasteiger partial charge on any atom is -0.358 e. The van der Waals surface area contributed by atoms with Crippen LogP contribution in [-0.2, 0) is 0 Å². The molecule has 0 atom stereocenters. The summed E-state index contributed by atoms with van der Waals surface area (Å²) in [4.78, 5) is 9.39. The second kappa shape index (κ2) is 2.26. The summed E-state index contributed by atoms with van der Waals surface area (Å²) >= 11 is 5.44. The molecule has 0 saturated heterocycles. The van der Waals surface area contributed by atoms with Gasteiger partial charge in [-0.05, 0) is 17.3 Å². The molecule has 1 rings (SSSR count). The topological polar surface area (TPSA) is 69.6 Å². The van der Waals surface area contributed by atoms with Gasteiger partial charge in [-0.15, -0.1) is 0 Å². The lowest BCUT2D eigenvalue weighted by molar-refractivity contribution is -0.348. The van der Waals surface area contributed by atoms with Gasteiger partial charge in [0.05, 0.1) is 5.10 Å². The summed E-state index contributed by atoms with van der Waals surface area (Å²) in [5, 5.41) is 13.3. The maximum atomic E-state index is 10.1. The number of nitro groups is 1. The first-order valence-electron chi connectivity index (χ1n) is 2.42. The van der Waals surface area contributed by atoms with Gasteiger partial charge in [0.25, 0.3) is 0 Å². The number of amidine groups is 1. The van der Waals surface area contributed by atoms with Gasteiger partial charge >= 0.3 is 5.84 Å². The largest absolute Gasteiger partial charge is 0.411 e. The van der Waals surface area contributed by atoms with Gasteiger partial charge in [-0.25, -0.2) is 0 Å². The first kappa shape index (κ1) is 7.01. The summed E-state index contributed by atoms with van der Waals surface area (Å²) in [5.74, 6) is -0.376. The Morgan fingerprint density at radius 3 is 2.50 bits per heavy atom. The molecular formula is C4H3ClN3O2. The lowest BCUT2D eigenvalue weighted by Crippen LogP contribution is -2.09. The molecule has 1 aliphatic rings. The Balaban J connectivity index is 2.93. The molecule has 1 radical (unpaired) electrons. The van der Waals surface area contributed by atoms with E-state index in [9.17, 15) is 10.1 Å². The number of allylic oxidation sites excluding steroid dienone is 1. The van der Waals surface area contributed by atoms with Gasteiger partial charge in [-0.1, -0.05) is 11.6 Å². The third-order valence-corrected chi connectivity index (χ3v) is 1.42. The van der Waals surface area contributed by atoms with Crippen LogP contribution in [0.15, 0.2) is 15.8 Å². The van der Waals surface area contributed by atoms with Crippen LogP contribution in [0.25, 0.3) is 0 Å². The summed E-state index contributed by atoms with van der Waals surface area (Å²) in [6.07, 6.45) is 0. The van der Waals surface area contributed by atoms with E-state index in [1.165, 1.54) is 0 Å². The molecule has 6 heteroatoms. The molecule has 53 valence electrons. The lowest BCUT2D eigenvalue weighted by atomic mass is 10.4. The third-order valence-electron chi connectivity index (χ3n) is 0.982. The van der Waals surface area contributed by atoms with Crippen molar-refractivity contribution in [1.29, 1.82) is 0 Å². The van der Waals surface area contributed by atoms with Gasteiger partial charge in [0.1, 0.15) is 5.70 Å². The Kier molecular flexibility index (Phi) is 1.58. The maximum Gasteiger partial charge on any atom is 0.411 e. The molecule has 1 heterocycles. The summed E-state index contributed by atoms with van der Waals surface area (Å²) in [6, 6.07) is 0. The van der Waals surface area contributed by atoms with Crippen LogP contribution < -0.4 is 5.43 Å². The van der Waals surface area contributed by atoms with E-state index in [0.29, 0.717) is 5.70 Å². The molecule has 0 aromatic carbocycles. The highest BCUT2D eigenvalue weighted by Gasteiger charge is 2.28. The minimum atomic E-state index is -0.664. The molecular weight excluding hydrogens is 158 g/mol. The van der Waals surface area contributed by atoms with Gasteiger partial charge in [-0.3, -0.25) is 0 Å². The van der Waals surface area contributed by atoms with E-state index in [2.05, 4.69) is 10.5 Å². The zero-order chi connectivity index (χ0) is 7.72. The van der Waals surface area contributed by atoms with Crippen molar-refractivity contribution in [2.75, 3.05) is 0 Å². The fourth-order valence-corrected chi connectivity index (χ4v) is 0.633. The average Bonchev–Trinajstić information content (AvgIpc) is 2.14. The van der Waals surface area contributed by atoms with E-state index >= 15 is 0 Å². The summed E-state index contributed by atoms with van der Waals surface area (Å²) in [7, 11) is 0. The van der Waals surface area contributed by atoms with Crippen LogP contribution in [0.2, 0.25) is 0 Å². The van der Waals surface area contributed by atoms with Crippen LogP contribution in [0.5, 0.6) is 0 Å². The summed E-state index contributed by atoms with van der Waals surface area (Å²) in [5.41, 5.74) is 3.80. The van der Waals surface area contributed by atoms with Crippen molar-refractivity contribution in [3.05, 3.63) is 20.8 Å². The quantitative estimate of drug-likeness (QED) is 0.386. The maximum absolute atomic E-state index is 10.1. The van der Waals surface area contributed by atoms with Crippen molar-refractivity contribution in [2.24, 2.45) is 5.10 Å². The summed E-state index contributed by atoms with van der Waals surface area (Å²) < 4.78 is 0. The molecule has 0 unspecified atom stereocenters. The predicted octanol–water partition coefficient (Wildman–Crippen LogP) is 0.665. The van der Waals surface area contributed by atoms with Crippen LogP contribution in [0.1, 0.15) is 6.92 Å². The number of hydrogen-bond acceptors (Lipinski definition) is 3. The molecule has 0 fully saturated rings. The molecule has 0 aromatic heterocycles. The molecule has 0 bridgehead atoms. The minimum absolute atomic E-state index is 0.0185. The van der Waals surface area contributed by atoms with Crippen LogP contribution in [0.4, 0.5) is 0 Å².